The fourth-order valence-electron chi connectivity index (χ4n) is 0.820. The lowest BCUT2D eigenvalue weighted by Crippen LogP contribution is -3.00. The monoisotopic (exact) mass is 189 g/mol. The third-order valence-electron chi connectivity index (χ3n) is 1.71. The number of likely N-dealkylation sites (N-methyl/N-ethyl adjacent to an activating group) is 1. The van der Waals surface area contributed by atoms with Crippen LogP contribution >= 0.6 is 23.2 Å². The van der Waals surface area contributed by atoms with Crippen LogP contribution in [-0.2, 0) is 0 Å². The summed E-state index contributed by atoms with van der Waals surface area (Å²) in [4.78, 5) is -0.176. The Morgan fingerprint density at radius 1 is 1.44 bits per heavy atom. The first-order valence-electron chi connectivity index (χ1n) is 2.65. The first kappa shape index (κ1) is 9.83. The lowest BCUT2D eigenvalue weighted by Gasteiger charge is -2.04. The predicted molar refractivity (Wildman–Crippen MR) is 36.3 cm³/mol. The third kappa shape index (κ3) is 2.15. The quantitative estimate of drug-likeness (QED) is 0.261. The molecule has 0 amide bonds. The summed E-state index contributed by atoms with van der Waals surface area (Å²) in [5.74, 6) is 0. The largest absolute Gasteiger partial charge is 1.00 e. The molecule has 1 nitrogen and oxygen atoms in total. The number of hydrogen-bond acceptors (Lipinski definition) is 0. The highest BCUT2D eigenvalue weighted by atomic mass is 35.5. The smallest absolute Gasteiger partial charge is 0.169 e. The molecule has 4 heteroatoms. The fourth-order valence-corrected chi connectivity index (χ4v) is 1.59. The van der Waals surface area contributed by atoms with E-state index in [2.05, 4.69) is 14.1 Å². The Balaban J connectivity index is 0.000000640. The molecule has 1 saturated heterocycles. The summed E-state index contributed by atoms with van der Waals surface area (Å²) in [5, 5.41) is 0. The average molecular weight is 191 g/mol. The second-order valence-electron chi connectivity index (χ2n) is 2.86. The highest BCUT2D eigenvalue weighted by molar-refractivity contribution is 6.44. The van der Waals surface area contributed by atoms with Crippen molar-refractivity contribution in [3.8, 4) is 0 Å². The molecule has 0 radical (unpaired) electrons. The van der Waals surface area contributed by atoms with Crippen molar-refractivity contribution in [1.82, 2.24) is 0 Å². The number of nitrogens with zero attached hydrogens (tertiary/aromatic N) is 1. The summed E-state index contributed by atoms with van der Waals surface area (Å²) < 4.78 is 0.984. The highest BCUT2D eigenvalue weighted by Crippen LogP contribution is 2.32. The minimum Gasteiger partial charge on any atom is -1.00 e. The Morgan fingerprint density at radius 3 is 1.78 bits per heavy atom. The van der Waals surface area contributed by atoms with E-state index in [1.807, 2.05) is 0 Å². The molecule has 0 aromatic carbocycles. The maximum absolute atomic E-state index is 5.61. The van der Waals surface area contributed by atoms with Crippen LogP contribution < -0.4 is 12.4 Å². The Bertz CT molecular complexity index is 102. The van der Waals surface area contributed by atoms with Gasteiger partial charge in [-0.25, -0.2) is 0 Å². The maximum Gasteiger partial charge on any atom is 0.169 e. The molecule has 1 unspecified atom stereocenters. The second-order valence-corrected chi connectivity index (χ2v) is 4.03. The molecular formula is C5H10Cl3N. The molecule has 0 N–H and O–H groups in total. The van der Waals surface area contributed by atoms with Crippen LogP contribution in [0.25, 0.3) is 0 Å². The van der Waals surface area contributed by atoms with Crippen molar-refractivity contribution in [2.24, 2.45) is 0 Å². The summed E-state index contributed by atoms with van der Waals surface area (Å²) in [7, 11) is 4.25. The second kappa shape index (κ2) is 2.83. The summed E-state index contributed by atoms with van der Waals surface area (Å²) >= 11 is 11.2. The van der Waals surface area contributed by atoms with Gasteiger partial charge >= 0.3 is 0 Å². The minimum absolute atomic E-state index is 0. The molecule has 1 heterocycles. The minimum atomic E-state index is -0.176. The van der Waals surface area contributed by atoms with E-state index in [1.54, 1.807) is 0 Å². The lowest BCUT2D eigenvalue weighted by molar-refractivity contribution is -0.768. The molecule has 1 atom stereocenters. The summed E-state index contributed by atoms with van der Waals surface area (Å²) in [6.07, 6.45) is 0. The number of rotatable bonds is 1. The Kier molecular flexibility index (Phi) is 3.09. The fraction of sp³-hybridized carbons (Fsp3) is 1.00. The van der Waals surface area contributed by atoms with Gasteiger partial charge in [0, 0.05) is 0 Å². The Labute approximate surface area is 71.9 Å². The summed E-state index contributed by atoms with van der Waals surface area (Å²) in [6, 6.07) is 0.485. The van der Waals surface area contributed by atoms with E-state index in [0.29, 0.717) is 6.04 Å². The molecule has 1 aliphatic heterocycles. The van der Waals surface area contributed by atoms with E-state index in [-0.39, 0.29) is 17.2 Å². The standard InChI is InChI=1S/C5H10Cl2N.ClH/c1-8(2)3-4(8)5(6)7;/h4-5H,3H2,1-2H3;1H/q+1;/p-1. The van der Waals surface area contributed by atoms with Crippen LogP contribution in [-0.4, -0.2) is 36.0 Å². The molecule has 0 aromatic rings. The SMILES string of the molecule is C[N+]1(C)CC1C(Cl)Cl.[Cl-]. The van der Waals surface area contributed by atoms with Crippen molar-refractivity contribution in [1.29, 1.82) is 0 Å². The van der Waals surface area contributed by atoms with Crippen LogP contribution in [0.5, 0.6) is 0 Å². The van der Waals surface area contributed by atoms with Crippen LogP contribution in [0.4, 0.5) is 0 Å². The highest BCUT2D eigenvalue weighted by Gasteiger charge is 2.51. The van der Waals surface area contributed by atoms with Gasteiger partial charge in [0.05, 0.1) is 14.1 Å². The van der Waals surface area contributed by atoms with Crippen LogP contribution in [0.1, 0.15) is 0 Å². The zero-order valence-electron chi connectivity index (χ0n) is 5.44. The molecule has 1 fully saturated rings. The summed E-state index contributed by atoms with van der Waals surface area (Å²) in [6.45, 7) is 1.12. The Hall–Kier alpha value is 0.830. The summed E-state index contributed by atoms with van der Waals surface area (Å²) in [5.41, 5.74) is 0. The molecule has 56 valence electrons. The molecule has 9 heavy (non-hydrogen) atoms. The molecule has 0 aromatic heterocycles. The zero-order valence-corrected chi connectivity index (χ0v) is 7.71. The van der Waals surface area contributed by atoms with Gasteiger partial charge in [-0.15, -0.1) is 0 Å². The van der Waals surface area contributed by atoms with Crippen LogP contribution in [0, 0.1) is 0 Å². The van der Waals surface area contributed by atoms with Gasteiger partial charge in [0.2, 0.25) is 0 Å². The van der Waals surface area contributed by atoms with Crippen molar-refractivity contribution in [2.75, 3.05) is 20.6 Å². The van der Waals surface area contributed by atoms with E-state index in [9.17, 15) is 0 Å². The van der Waals surface area contributed by atoms with Gasteiger partial charge in [-0.2, -0.15) is 0 Å². The topological polar surface area (TPSA) is 0 Å². The first-order valence-corrected chi connectivity index (χ1v) is 3.52. The van der Waals surface area contributed by atoms with Crippen molar-refractivity contribution >= 4 is 23.2 Å². The first-order chi connectivity index (χ1) is 3.54. The van der Waals surface area contributed by atoms with E-state index in [1.165, 1.54) is 0 Å². The van der Waals surface area contributed by atoms with Crippen LogP contribution in [0.2, 0.25) is 0 Å². The van der Waals surface area contributed by atoms with Crippen molar-refractivity contribution in [2.45, 2.75) is 10.9 Å². The van der Waals surface area contributed by atoms with Gasteiger partial charge in [0.1, 0.15) is 6.54 Å². The number of halogens is 3. The molecule has 0 bridgehead atoms. The van der Waals surface area contributed by atoms with Crippen molar-refractivity contribution in [3.63, 3.8) is 0 Å². The van der Waals surface area contributed by atoms with Gasteiger partial charge in [0.15, 0.2) is 10.9 Å². The molecular weight excluding hydrogens is 180 g/mol. The third-order valence-corrected chi connectivity index (χ3v) is 2.29. The molecule has 1 aliphatic rings. The van der Waals surface area contributed by atoms with E-state index >= 15 is 0 Å². The lowest BCUT2D eigenvalue weighted by atomic mass is 10.5. The number of hydrogen-bond donors (Lipinski definition) is 0. The van der Waals surface area contributed by atoms with Gasteiger partial charge in [0.25, 0.3) is 0 Å². The maximum atomic E-state index is 5.61. The van der Waals surface area contributed by atoms with Gasteiger partial charge in [-0.05, 0) is 0 Å². The van der Waals surface area contributed by atoms with Gasteiger partial charge < -0.3 is 16.9 Å². The molecule has 0 spiro atoms. The van der Waals surface area contributed by atoms with Gasteiger partial charge in [-0.3, -0.25) is 0 Å². The zero-order chi connectivity index (χ0) is 6.36. The number of quaternary nitrogens is 1. The van der Waals surface area contributed by atoms with Crippen LogP contribution in [0.15, 0.2) is 0 Å². The molecule has 0 aliphatic carbocycles. The van der Waals surface area contributed by atoms with E-state index in [0.717, 1.165) is 11.0 Å². The van der Waals surface area contributed by atoms with Gasteiger partial charge in [-0.1, -0.05) is 23.2 Å². The van der Waals surface area contributed by atoms with Crippen LogP contribution in [0.3, 0.4) is 0 Å². The Morgan fingerprint density at radius 2 is 1.78 bits per heavy atom. The molecule has 1 rings (SSSR count). The van der Waals surface area contributed by atoms with Crippen molar-refractivity contribution in [3.05, 3.63) is 0 Å². The van der Waals surface area contributed by atoms with Crippen molar-refractivity contribution < 1.29 is 16.9 Å². The number of alkyl halides is 2. The normalized spacial score (nSPS) is 29.7. The van der Waals surface area contributed by atoms with E-state index < -0.39 is 0 Å². The molecule has 0 saturated carbocycles. The predicted octanol–water partition coefficient (Wildman–Crippen LogP) is -1.75. The average Bonchev–Trinajstić information content (AvgIpc) is 2.13. The van der Waals surface area contributed by atoms with E-state index in [4.69, 9.17) is 23.2 Å².